The lowest BCUT2D eigenvalue weighted by atomic mass is 9.95. The summed E-state index contributed by atoms with van der Waals surface area (Å²) in [5, 5.41) is 17.7. The zero-order valence-corrected chi connectivity index (χ0v) is 30.7. The molecule has 0 N–H and O–H groups in total. The summed E-state index contributed by atoms with van der Waals surface area (Å²) in [6.07, 6.45) is 12.2. The highest BCUT2D eigenvalue weighted by molar-refractivity contribution is 9.10. The molecular formula is C38H28Br2N10O2. The third-order valence-electron chi connectivity index (χ3n) is 9.16. The molecule has 0 fully saturated rings. The van der Waals surface area contributed by atoms with Crippen molar-refractivity contribution in [2.24, 2.45) is 0 Å². The molecule has 0 atom stereocenters. The third-order valence-corrected chi connectivity index (χ3v) is 9.98. The fourth-order valence-corrected chi connectivity index (χ4v) is 7.08. The smallest absolute Gasteiger partial charge is 0.274 e. The molecule has 9 rings (SSSR count). The predicted octanol–water partition coefficient (Wildman–Crippen LogP) is 6.31. The molecule has 7 heterocycles. The normalized spacial score (nSPS) is 13.6. The number of amides is 2. The van der Waals surface area contributed by atoms with E-state index in [1.165, 1.54) is 22.3 Å². The molecule has 0 unspecified atom stereocenters. The lowest BCUT2D eigenvalue weighted by Crippen LogP contribution is -2.36. The SMILES string of the molecule is N#Cc1ccc2c(c1)CN(C(=O)c1cc3ncc(Br)cn3n1)CC2.O=C(c1cc2ncc(Br)cn2n1)N1CCc2cc(-c3ccncc3)ccc2C1. The Labute approximate surface area is 314 Å². The second-order valence-electron chi connectivity index (χ2n) is 12.5. The molecule has 2 aromatic carbocycles. The van der Waals surface area contributed by atoms with E-state index in [1.54, 1.807) is 63.2 Å². The van der Waals surface area contributed by atoms with Gasteiger partial charge in [-0.1, -0.05) is 24.3 Å². The quantitative estimate of drug-likeness (QED) is 0.202. The van der Waals surface area contributed by atoms with Gasteiger partial charge in [-0.2, -0.15) is 15.5 Å². The summed E-state index contributed by atoms with van der Waals surface area (Å²) in [6, 6.07) is 21.7. The molecule has 2 amide bonds. The number of benzene rings is 2. The number of fused-ring (bicyclic) bond motifs is 4. The van der Waals surface area contributed by atoms with Crippen LogP contribution in [0.25, 0.3) is 22.4 Å². The minimum atomic E-state index is -0.121. The van der Waals surface area contributed by atoms with Gasteiger partial charge in [-0.15, -0.1) is 0 Å². The van der Waals surface area contributed by atoms with Crippen LogP contribution in [0.15, 0.2) is 107 Å². The van der Waals surface area contributed by atoms with Crippen molar-refractivity contribution < 1.29 is 9.59 Å². The van der Waals surface area contributed by atoms with Gasteiger partial charge in [-0.3, -0.25) is 14.6 Å². The maximum absolute atomic E-state index is 13.0. The van der Waals surface area contributed by atoms with Crippen LogP contribution >= 0.6 is 31.9 Å². The zero-order chi connectivity index (χ0) is 35.8. The van der Waals surface area contributed by atoms with Gasteiger partial charge >= 0.3 is 0 Å². The average Bonchev–Trinajstić information content (AvgIpc) is 3.81. The van der Waals surface area contributed by atoms with Crippen LogP contribution in [0.4, 0.5) is 0 Å². The van der Waals surface area contributed by atoms with Gasteiger partial charge in [0.2, 0.25) is 0 Å². The maximum Gasteiger partial charge on any atom is 0.274 e. The molecule has 2 aliphatic rings. The van der Waals surface area contributed by atoms with Gasteiger partial charge in [-0.25, -0.2) is 19.0 Å². The number of carbonyl (C=O) groups is 2. The monoisotopic (exact) mass is 814 g/mol. The molecule has 5 aromatic heterocycles. The molecule has 0 bridgehead atoms. The van der Waals surface area contributed by atoms with Gasteiger partial charge in [0.25, 0.3) is 11.8 Å². The topological polar surface area (TPSA) is 138 Å². The number of nitriles is 1. The summed E-state index contributed by atoms with van der Waals surface area (Å²) in [4.78, 5) is 41.9. The van der Waals surface area contributed by atoms with Crippen LogP contribution in [-0.4, -0.2) is 68.9 Å². The van der Waals surface area contributed by atoms with E-state index in [9.17, 15) is 9.59 Å². The predicted molar refractivity (Wildman–Crippen MR) is 199 cm³/mol. The van der Waals surface area contributed by atoms with Gasteiger partial charge in [0, 0.05) is 75.5 Å². The Balaban J connectivity index is 0.000000151. The fourth-order valence-electron chi connectivity index (χ4n) is 6.49. The molecule has 14 heteroatoms. The second-order valence-corrected chi connectivity index (χ2v) is 14.3. The number of hydrogen-bond acceptors (Lipinski definition) is 8. The Kier molecular flexibility index (Phi) is 9.04. The number of hydrogen-bond donors (Lipinski definition) is 0. The molecule has 2 aliphatic heterocycles. The summed E-state index contributed by atoms with van der Waals surface area (Å²) in [6.45, 7) is 2.41. The van der Waals surface area contributed by atoms with Crippen LogP contribution in [-0.2, 0) is 25.9 Å². The molecule has 52 heavy (non-hydrogen) atoms. The van der Waals surface area contributed by atoms with Crippen molar-refractivity contribution in [2.75, 3.05) is 13.1 Å². The number of halogens is 2. The second kappa shape index (κ2) is 14.1. The van der Waals surface area contributed by atoms with E-state index >= 15 is 0 Å². The maximum atomic E-state index is 13.0. The van der Waals surface area contributed by atoms with Crippen molar-refractivity contribution in [3.8, 4) is 17.2 Å². The van der Waals surface area contributed by atoms with Gasteiger partial charge in [0.05, 0.1) is 20.6 Å². The van der Waals surface area contributed by atoms with Crippen LogP contribution in [0.1, 0.15) is 48.8 Å². The van der Waals surface area contributed by atoms with Gasteiger partial charge < -0.3 is 9.80 Å². The summed E-state index contributed by atoms with van der Waals surface area (Å²) in [5.74, 6) is -0.185. The Morgan fingerprint density at radius 2 is 1.23 bits per heavy atom. The molecular weight excluding hydrogens is 788 g/mol. The standard InChI is InChI=1S/C21H16BrN5O.C17H12BrN5O/c22-18-11-24-20-10-19(25-27(20)13-18)21(28)26-8-5-16-9-15(1-2-17(16)12-26)14-3-6-23-7-4-14;18-14-8-20-16-6-15(21-23(16)10-14)17(24)22-4-3-12-2-1-11(7-19)5-13(12)9-22/h1-4,6-7,9-11,13H,5,8,12H2;1-2,5-6,8,10H,3-4,9H2. The summed E-state index contributed by atoms with van der Waals surface area (Å²) >= 11 is 6.72. The van der Waals surface area contributed by atoms with Gasteiger partial charge in [0.15, 0.2) is 22.7 Å². The zero-order valence-electron chi connectivity index (χ0n) is 27.5. The van der Waals surface area contributed by atoms with E-state index in [0.717, 1.165) is 32.9 Å². The van der Waals surface area contributed by atoms with Crippen molar-refractivity contribution >= 4 is 55.0 Å². The van der Waals surface area contributed by atoms with E-state index in [0.29, 0.717) is 54.4 Å². The molecule has 0 radical (unpaired) electrons. The van der Waals surface area contributed by atoms with Crippen molar-refractivity contribution in [2.45, 2.75) is 25.9 Å². The lowest BCUT2D eigenvalue weighted by molar-refractivity contribution is 0.0721. The molecule has 0 spiro atoms. The first-order valence-corrected chi connectivity index (χ1v) is 18.0. The van der Waals surface area contributed by atoms with Crippen LogP contribution < -0.4 is 0 Å². The number of carbonyl (C=O) groups excluding carboxylic acids is 2. The molecule has 0 aliphatic carbocycles. The minimum Gasteiger partial charge on any atom is -0.333 e. The van der Waals surface area contributed by atoms with Crippen LogP contribution in [0, 0.1) is 11.3 Å². The van der Waals surface area contributed by atoms with Crippen molar-refractivity contribution in [1.82, 2.24) is 44.0 Å². The first-order valence-electron chi connectivity index (χ1n) is 16.5. The van der Waals surface area contributed by atoms with Crippen molar-refractivity contribution in [3.05, 3.63) is 146 Å². The van der Waals surface area contributed by atoms with Gasteiger partial charge in [0.1, 0.15) is 0 Å². The first kappa shape index (κ1) is 33.4. The van der Waals surface area contributed by atoms with Crippen molar-refractivity contribution in [1.29, 1.82) is 5.26 Å². The fraction of sp³-hybridized carbons (Fsp3) is 0.158. The number of rotatable bonds is 3. The summed E-state index contributed by atoms with van der Waals surface area (Å²) in [5.41, 5.74) is 9.72. The highest BCUT2D eigenvalue weighted by Gasteiger charge is 2.26. The van der Waals surface area contributed by atoms with Crippen molar-refractivity contribution in [3.63, 3.8) is 0 Å². The van der Waals surface area contributed by atoms with Crippen LogP contribution in [0.2, 0.25) is 0 Å². The molecule has 256 valence electrons. The highest BCUT2D eigenvalue weighted by Crippen LogP contribution is 2.27. The number of nitrogens with zero attached hydrogens (tertiary/aromatic N) is 10. The first-order chi connectivity index (χ1) is 25.3. The van der Waals surface area contributed by atoms with Crippen LogP contribution in [0.5, 0.6) is 0 Å². The molecule has 0 saturated carbocycles. The lowest BCUT2D eigenvalue weighted by Gasteiger charge is -2.28. The number of pyridine rings is 1. The van der Waals surface area contributed by atoms with E-state index in [1.807, 2.05) is 35.2 Å². The van der Waals surface area contributed by atoms with E-state index in [2.05, 4.69) is 81.3 Å². The van der Waals surface area contributed by atoms with Crippen LogP contribution in [0.3, 0.4) is 0 Å². The summed E-state index contributed by atoms with van der Waals surface area (Å²) in [7, 11) is 0. The van der Waals surface area contributed by atoms with E-state index in [-0.39, 0.29) is 11.8 Å². The third kappa shape index (κ3) is 6.80. The van der Waals surface area contributed by atoms with E-state index in [4.69, 9.17) is 5.26 Å². The Hall–Kier alpha value is -5.78. The molecule has 0 saturated heterocycles. The molecule has 7 aromatic rings. The largest absolute Gasteiger partial charge is 0.333 e. The van der Waals surface area contributed by atoms with E-state index < -0.39 is 0 Å². The van der Waals surface area contributed by atoms with Gasteiger partial charge in [-0.05, 0) is 102 Å². The Morgan fingerprint density at radius 3 is 1.85 bits per heavy atom. The minimum absolute atomic E-state index is 0.0644. The Morgan fingerprint density at radius 1 is 0.654 bits per heavy atom. The average molecular weight is 817 g/mol. The summed E-state index contributed by atoms with van der Waals surface area (Å²) < 4.78 is 4.83. The number of aromatic nitrogens is 7. The Bertz CT molecular complexity index is 2540. The highest BCUT2D eigenvalue weighted by atomic mass is 79.9. The molecule has 12 nitrogen and oxygen atoms in total.